The first-order chi connectivity index (χ1) is 10.5. The first-order valence-corrected chi connectivity index (χ1v) is 8.36. The third-order valence-electron chi connectivity index (χ3n) is 2.72. The Morgan fingerprint density at radius 1 is 1.23 bits per heavy atom. The summed E-state index contributed by atoms with van der Waals surface area (Å²) in [7, 11) is 0. The molecule has 0 saturated carbocycles. The number of rotatable bonds is 4. The van der Waals surface area contributed by atoms with E-state index in [-0.39, 0.29) is 23.9 Å². The van der Waals surface area contributed by atoms with Gasteiger partial charge in [-0.2, -0.15) is 5.10 Å². The van der Waals surface area contributed by atoms with Gasteiger partial charge in [0.25, 0.3) is 0 Å². The van der Waals surface area contributed by atoms with Gasteiger partial charge in [0, 0.05) is 0 Å². The minimum absolute atomic E-state index is 0.127. The van der Waals surface area contributed by atoms with Gasteiger partial charge in [0.15, 0.2) is 0 Å². The van der Waals surface area contributed by atoms with Crippen LogP contribution in [0.3, 0.4) is 0 Å². The van der Waals surface area contributed by atoms with Crippen LogP contribution in [0.15, 0.2) is 41.5 Å². The average Bonchev–Trinajstić information content (AvgIpc) is 2.47. The number of halogens is 3. The van der Waals surface area contributed by atoms with Crippen molar-refractivity contribution in [1.29, 1.82) is 0 Å². The summed E-state index contributed by atoms with van der Waals surface area (Å²) in [5.41, 5.74) is 3.90. The van der Waals surface area contributed by atoms with Crippen LogP contribution in [0.25, 0.3) is 0 Å². The van der Waals surface area contributed by atoms with Gasteiger partial charge in [0.1, 0.15) is 11.6 Å². The number of amides is 1. The van der Waals surface area contributed by atoms with Crippen molar-refractivity contribution in [3.05, 3.63) is 60.5 Å². The molecule has 0 fully saturated rings. The number of hydrogen-bond donors (Lipinski definition) is 2. The number of aromatic hydroxyl groups is 1. The van der Waals surface area contributed by atoms with Gasteiger partial charge >= 0.3 is 0 Å². The fourth-order valence-corrected chi connectivity index (χ4v) is 3.48. The molecule has 114 valence electrons. The lowest BCUT2D eigenvalue weighted by molar-refractivity contribution is -0.120. The molecule has 0 unspecified atom stereocenters. The van der Waals surface area contributed by atoms with Gasteiger partial charge in [0.2, 0.25) is 5.91 Å². The summed E-state index contributed by atoms with van der Waals surface area (Å²) in [5, 5.41) is 13.6. The highest BCUT2D eigenvalue weighted by molar-refractivity contribution is 14.1. The highest BCUT2D eigenvalue weighted by Gasteiger charge is 2.05. The predicted octanol–water partition coefficient (Wildman–Crippen LogP) is 3.43. The predicted molar refractivity (Wildman–Crippen MR) is 99.4 cm³/mol. The van der Waals surface area contributed by atoms with E-state index < -0.39 is 0 Å². The number of hydrazone groups is 1. The second kappa shape index (κ2) is 7.86. The lowest BCUT2D eigenvalue weighted by Gasteiger charge is -2.03. The van der Waals surface area contributed by atoms with Gasteiger partial charge in [-0.05, 0) is 80.6 Å². The van der Waals surface area contributed by atoms with Gasteiger partial charge in [-0.3, -0.25) is 4.79 Å². The van der Waals surface area contributed by atoms with Crippen molar-refractivity contribution in [2.24, 2.45) is 5.10 Å². The number of phenolic OH excluding ortho intramolecular Hbond substituents is 1. The molecule has 0 saturated heterocycles. The molecule has 0 bridgehead atoms. The Hall–Kier alpha value is -1.23. The van der Waals surface area contributed by atoms with Gasteiger partial charge < -0.3 is 5.11 Å². The highest BCUT2D eigenvalue weighted by Crippen LogP contribution is 2.26. The third-order valence-corrected chi connectivity index (χ3v) is 4.36. The Morgan fingerprint density at radius 3 is 2.41 bits per heavy atom. The molecule has 22 heavy (non-hydrogen) atoms. The van der Waals surface area contributed by atoms with Crippen LogP contribution in [0, 0.1) is 13.0 Å². The van der Waals surface area contributed by atoms with Crippen LogP contribution in [0.5, 0.6) is 5.75 Å². The first kappa shape index (κ1) is 17.1. The molecule has 0 aliphatic heterocycles. The van der Waals surface area contributed by atoms with Crippen molar-refractivity contribution in [1.82, 2.24) is 5.43 Å². The van der Waals surface area contributed by atoms with E-state index in [1.54, 1.807) is 24.3 Å². The van der Waals surface area contributed by atoms with E-state index in [2.05, 4.69) is 10.5 Å². The molecule has 0 radical (unpaired) electrons. The zero-order valence-corrected chi connectivity index (χ0v) is 15.5. The summed E-state index contributed by atoms with van der Waals surface area (Å²) in [6, 6.07) is 9.26. The van der Waals surface area contributed by atoms with E-state index in [0.29, 0.717) is 12.7 Å². The second-order valence-electron chi connectivity index (χ2n) is 4.43. The second-order valence-corrected chi connectivity index (χ2v) is 6.75. The van der Waals surface area contributed by atoms with Crippen LogP contribution in [0.2, 0.25) is 0 Å². The zero-order valence-electron chi connectivity index (χ0n) is 11.2. The maximum Gasteiger partial charge on any atom is 0.244 e. The standard InChI is InChI=1S/C15H11FI2N2O2/c16-11-3-1-9(2-4-11)7-14(21)20-19-8-10-5-12(17)15(22)13(18)6-10/h1-6,8,22H,7H2,(H,20,21)/b19-8+. The summed E-state index contributed by atoms with van der Waals surface area (Å²) in [4.78, 5) is 11.7. The summed E-state index contributed by atoms with van der Waals surface area (Å²) >= 11 is 4.05. The topological polar surface area (TPSA) is 61.7 Å². The van der Waals surface area contributed by atoms with Crippen LogP contribution in [0.4, 0.5) is 4.39 Å². The smallest absolute Gasteiger partial charge is 0.244 e. The molecule has 0 aliphatic rings. The maximum atomic E-state index is 12.8. The molecule has 2 aromatic carbocycles. The molecule has 0 aromatic heterocycles. The number of phenols is 1. The first-order valence-electron chi connectivity index (χ1n) is 6.20. The maximum absolute atomic E-state index is 12.8. The number of nitrogens with zero attached hydrogens (tertiary/aromatic N) is 1. The SMILES string of the molecule is O=C(Cc1ccc(F)cc1)N/N=C/c1cc(I)c(O)c(I)c1. The van der Waals surface area contributed by atoms with Gasteiger partial charge in [-0.1, -0.05) is 12.1 Å². The summed E-state index contributed by atoms with van der Waals surface area (Å²) in [6.07, 6.45) is 1.63. The molecule has 1 amide bonds. The van der Waals surface area contributed by atoms with E-state index in [9.17, 15) is 14.3 Å². The fraction of sp³-hybridized carbons (Fsp3) is 0.0667. The van der Waals surface area contributed by atoms with Crippen LogP contribution in [-0.4, -0.2) is 17.2 Å². The molecule has 4 nitrogen and oxygen atoms in total. The molecule has 0 heterocycles. The Bertz CT molecular complexity index is 695. The fourth-order valence-electron chi connectivity index (χ4n) is 1.67. The van der Waals surface area contributed by atoms with Crippen molar-refractivity contribution in [3.63, 3.8) is 0 Å². The number of carbonyl (C=O) groups excluding carboxylic acids is 1. The molecule has 2 rings (SSSR count). The lowest BCUT2D eigenvalue weighted by atomic mass is 10.1. The van der Waals surface area contributed by atoms with Crippen molar-refractivity contribution >= 4 is 57.3 Å². The normalized spacial score (nSPS) is 10.9. The van der Waals surface area contributed by atoms with E-state index in [0.717, 1.165) is 5.56 Å². The Balaban J connectivity index is 1.94. The van der Waals surface area contributed by atoms with E-state index >= 15 is 0 Å². The van der Waals surface area contributed by atoms with Crippen molar-refractivity contribution in [3.8, 4) is 5.75 Å². The molecule has 7 heteroatoms. The van der Waals surface area contributed by atoms with E-state index in [1.165, 1.54) is 18.3 Å². The van der Waals surface area contributed by atoms with E-state index in [4.69, 9.17) is 0 Å². The van der Waals surface area contributed by atoms with Crippen LogP contribution < -0.4 is 5.43 Å². The summed E-state index contributed by atoms with van der Waals surface area (Å²) in [5.74, 6) is -0.386. The Morgan fingerprint density at radius 2 is 1.82 bits per heavy atom. The highest BCUT2D eigenvalue weighted by atomic mass is 127. The summed E-state index contributed by atoms with van der Waals surface area (Å²) in [6.45, 7) is 0. The van der Waals surface area contributed by atoms with Crippen molar-refractivity contribution in [2.75, 3.05) is 0 Å². The van der Waals surface area contributed by atoms with Gasteiger partial charge in [-0.15, -0.1) is 0 Å². The number of hydrogen-bond acceptors (Lipinski definition) is 3. The van der Waals surface area contributed by atoms with Gasteiger partial charge in [0.05, 0.1) is 19.8 Å². The summed E-state index contributed by atoms with van der Waals surface area (Å²) < 4.78 is 14.2. The van der Waals surface area contributed by atoms with Gasteiger partial charge in [-0.25, -0.2) is 9.82 Å². The molecule has 0 atom stereocenters. The largest absolute Gasteiger partial charge is 0.506 e. The molecule has 0 spiro atoms. The molecule has 2 N–H and O–H groups in total. The average molecular weight is 524 g/mol. The van der Waals surface area contributed by atoms with Crippen LogP contribution in [-0.2, 0) is 11.2 Å². The van der Waals surface area contributed by atoms with Crippen LogP contribution >= 0.6 is 45.2 Å². The monoisotopic (exact) mass is 524 g/mol. The van der Waals surface area contributed by atoms with Crippen molar-refractivity contribution < 1.29 is 14.3 Å². The minimum Gasteiger partial charge on any atom is -0.506 e. The molecule has 2 aromatic rings. The van der Waals surface area contributed by atoms with Crippen LogP contribution in [0.1, 0.15) is 11.1 Å². The van der Waals surface area contributed by atoms with Crippen molar-refractivity contribution in [2.45, 2.75) is 6.42 Å². The third kappa shape index (κ3) is 4.90. The quantitative estimate of drug-likeness (QED) is 0.366. The number of carbonyl (C=O) groups is 1. The molecular weight excluding hydrogens is 513 g/mol. The minimum atomic E-state index is -0.335. The Labute approximate surface area is 154 Å². The number of benzene rings is 2. The molecular formula is C15H11FI2N2O2. The lowest BCUT2D eigenvalue weighted by Crippen LogP contribution is -2.19. The number of nitrogens with one attached hydrogen (secondary N) is 1. The zero-order chi connectivity index (χ0) is 16.1. The Kier molecular flexibility index (Phi) is 6.12. The molecule has 0 aliphatic carbocycles. The van der Waals surface area contributed by atoms with E-state index in [1.807, 2.05) is 45.2 Å².